The van der Waals surface area contributed by atoms with Gasteiger partial charge < -0.3 is 15.6 Å². The minimum atomic E-state index is -1.11. The first-order valence-electron chi connectivity index (χ1n) is 6.25. The van der Waals surface area contributed by atoms with Crippen molar-refractivity contribution in [2.45, 2.75) is 26.2 Å². The zero-order chi connectivity index (χ0) is 14.5. The van der Waals surface area contributed by atoms with Crippen LogP contribution < -0.4 is 10.5 Å². The number of carboxylic acid groups (broad SMARTS) is 1. The van der Waals surface area contributed by atoms with Crippen LogP contribution in [0.1, 0.15) is 25.3 Å². The Labute approximate surface area is 112 Å². The van der Waals surface area contributed by atoms with Gasteiger partial charge in [-0.3, -0.25) is 4.79 Å². The normalized spacial score (nSPS) is 13.9. The molecule has 0 heterocycles. The van der Waals surface area contributed by atoms with Crippen molar-refractivity contribution >= 4 is 5.97 Å². The predicted octanol–water partition coefficient (Wildman–Crippen LogP) is 2.21. The number of carbonyl (C=O) groups is 1. The SMILES string of the molecule is CCCC(CN)(Cc1ccc(OC)cc1F)C(=O)O. The second-order valence-electron chi connectivity index (χ2n) is 4.67. The lowest BCUT2D eigenvalue weighted by molar-refractivity contribution is -0.148. The van der Waals surface area contributed by atoms with Crippen LogP contribution in [0.25, 0.3) is 0 Å². The number of rotatable bonds is 7. The molecule has 0 aromatic heterocycles. The number of nitrogens with two attached hydrogens (primary N) is 1. The maximum Gasteiger partial charge on any atom is 0.311 e. The highest BCUT2D eigenvalue weighted by Gasteiger charge is 2.37. The number of benzene rings is 1. The van der Waals surface area contributed by atoms with E-state index < -0.39 is 17.2 Å². The second kappa shape index (κ2) is 6.52. The summed E-state index contributed by atoms with van der Waals surface area (Å²) in [5.74, 6) is -1.04. The van der Waals surface area contributed by atoms with Crippen molar-refractivity contribution in [2.75, 3.05) is 13.7 Å². The number of carboxylic acids is 1. The Kier molecular flexibility index (Phi) is 5.30. The van der Waals surface area contributed by atoms with Crippen LogP contribution in [0.2, 0.25) is 0 Å². The fraction of sp³-hybridized carbons (Fsp3) is 0.500. The molecule has 1 atom stereocenters. The average Bonchev–Trinajstić information content (AvgIpc) is 2.39. The molecule has 0 bridgehead atoms. The number of ether oxygens (including phenoxy) is 1. The highest BCUT2D eigenvalue weighted by molar-refractivity contribution is 5.75. The van der Waals surface area contributed by atoms with Crippen molar-refractivity contribution in [1.82, 2.24) is 0 Å². The average molecular weight is 269 g/mol. The van der Waals surface area contributed by atoms with E-state index >= 15 is 0 Å². The van der Waals surface area contributed by atoms with Crippen molar-refractivity contribution in [3.05, 3.63) is 29.6 Å². The molecule has 19 heavy (non-hydrogen) atoms. The van der Waals surface area contributed by atoms with E-state index in [0.717, 1.165) is 0 Å². The van der Waals surface area contributed by atoms with Gasteiger partial charge in [0.2, 0.25) is 0 Å². The Bertz CT molecular complexity index is 450. The maximum absolute atomic E-state index is 13.9. The second-order valence-corrected chi connectivity index (χ2v) is 4.67. The first-order chi connectivity index (χ1) is 8.99. The molecule has 1 unspecified atom stereocenters. The minimum Gasteiger partial charge on any atom is -0.497 e. The Morgan fingerprint density at radius 2 is 2.21 bits per heavy atom. The van der Waals surface area contributed by atoms with Gasteiger partial charge in [-0.1, -0.05) is 19.4 Å². The summed E-state index contributed by atoms with van der Waals surface area (Å²) in [6.07, 6.45) is 1.19. The van der Waals surface area contributed by atoms with E-state index in [1.54, 1.807) is 12.1 Å². The van der Waals surface area contributed by atoms with Gasteiger partial charge in [-0.05, 0) is 24.5 Å². The lowest BCUT2D eigenvalue weighted by Crippen LogP contribution is -2.40. The lowest BCUT2D eigenvalue weighted by Gasteiger charge is -2.27. The molecule has 1 rings (SSSR count). The van der Waals surface area contributed by atoms with Crippen LogP contribution in [-0.2, 0) is 11.2 Å². The summed E-state index contributed by atoms with van der Waals surface area (Å²) in [5.41, 5.74) is 4.86. The third kappa shape index (κ3) is 3.44. The molecule has 0 spiro atoms. The molecule has 0 saturated heterocycles. The van der Waals surface area contributed by atoms with Crippen molar-refractivity contribution < 1.29 is 19.0 Å². The highest BCUT2D eigenvalue weighted by atomic mass is 19.1. The third-order valence-corrected chi connectivity index (χ3v) is 3.36. The summed E-state index contributed by atoms with van der Waals surface area (Å²) in [4.78, 5) is 11.5. The summed E-state index contributed by atoms with van der Waals surface area (Å²) in [6.45, 7) is 1.87. The van der Waals surface area contributed by atoms with Gasteiger partial charge in [0, 0.05) is 12.6 Å². The summed E-state index contributed by atoms with van der Waals surface area (Å²) < 4.78 is 18.8. The van der Waals surface area contributed by atoms with Gasteiger partial charge in [0.1, 0.15) is 11.6 Å². The lowest BCUT2D eigenvalue weighted by atomic mass is 9.78. The molecule has 0 aliphatic rings. The van der Waals surface area contributed by atoms with Gasteiger partial charge in [0.25, 0.3) is 0 Å². The summed E-state index contributed by atoms with van der Waals surface area (Å²) in [6, 6.07) is 4.43. The van der Waals surface area contributed by atoms with Gasteiger partial charge in [-0.25, -0.2) is 4.39 Å². The fourth-order valence-electron chi connectivity index (χ4n) is 2.17. The molecule has 106 valence electrons. The quantitative estimate of drug-likeness (QED) is 0.796. The minimum absolute atomic E-state index is 0.0123. The largest absolute Gasteiger partial charge is 0.497 e. The molecule has 4 nitrogen and oxygen atoms in total. The topological polar surface area (TPSA) is 72.5 Å². The zero-order valence-corrected chi connectivity index (χ0v) is 11.3. The molecular formula is C14H20FNO3. The van der Waals surface area contributed by atoms with Crippen LogP contribution in [0, 0.1) is 11.2 Å². The smallest absolute Gasteiger partial charge is 0.311 e. The van der Waals surface area contributed by atoms with E-state index in [1.165, 1.54) is 13.2 Å². The van der Waals surface area contributed by atoms with E-state index in [9.17, 15) is 14.3 Å². The van der Waals surface area contributed by atoms with Crippen LogP contribution in [-0.4, -0.2) is 24.7 Å². The van der Waals surface area contributed by atoms with Crippen molar-refractivity contribution in [3.8, 4) is 5.75 Å². The van der Waals surface area contributed by atoms with Gasteiger partial charge in [-0.2, -0.15) is 0 Å². The number of halogens is 1. The Morgan fingerprint density at radius 3 is 2.63 bits per heavy atom. The Hall–Kier alpha value is -1.62. The first-order valence-corrected chi connectivity index (χ1v) is 6.25. The van der Waals surface area contributed by atoms with Crippen molar-refractivity contribution in [3.63, 3.8) is 0 Å². The molecule has 0 amide bonds. The van der Waals surface area contributed by atoms with E-state index in [-0.39, 0.29) is 13.0 Å². The summed E-state index contributed by atoms with van der Waals surface area (Å²) >= 11 is 0. The Balaban J connectivity index is 3.06. The van der Waals surface area contributed by atoms with E-state index in [1.807, 2.05) is 6.92 Å². The summed E-state index contributed by atoms with van der Waals surface area (Å²) in [7, 11) is 1.45. The summed E-state index contributed by atoms with van der Waals surface area (Å²) in [5, 5.41) is 9.38. The number of methoxy groups -OCH3 is 1. The van der Waals surface area contributed by atoms with Crippen LogP contribution in [0.4, 0.5) is 4.39 Å². The molecule has 5 heteroatoms. The van der Waals surface area contributed by atoms with Gasteiger partial charge in [0.15, 0.2) is 0 Å². The van der Waals surface area contributed by atoms with Crippen LogP contribution in [0.15, 0.2) is 18.2 Å². The zero-order valence-electron chi connectivity index (χ0n) is 11.3. The molecule has 0 radical (unpaired) electrons. The Morgan fingerprint density at radius 1 is 1.53 bits per heavy atom. The van der Waals surface area contributed by atoms with Crippen molar-refractivity contribution in [1.29, 1.82) is 0 Å². The monoisotopic (exact) mass is 269 g/mol. The van der Waals surface area contributed by atoms with E-state index in [0.29, 0.717) is 24.2 Å². The van der Waals surface area contributed by atoms with Crippen molar-refractivity contribution in [2.24, 2.45) is 11.1 Å². The van der Waals surface area contributed by atoms with Gasteiger partial charge in [-0.15, -0.1) is 0 Å². The van der Waals surface area contributed by atoms with E-state index in [4.69, 9.17) is 10.5 Å². The third-order valence-electron chi connectivity index (χ3n) is 3.36. The van der Waals surface area contributed by atoms with Gasteiger partial charge >= 0.3 is 5.97 Å². The molecule has 3 N–H and O–H groups in total. The number of hydrogen-bond acceptors (Lipinski definition) is 3. The fourth-order valence-corrected chi connectivity index (χ4v) is 2.17. The first kappa shape index (κ1) is 15.4. The van der Waals surface area contributed by atoms with Crippen LogP contribution in [0.3, 0.4) is 0 Å². The molecule has 0 aliphatic carbocycles. The molecule has 0 aliphatic heterocycles. The number of hydrogen-bond donors (Lipinski definition) is 2. The molecule has 1 aromatic carbocycles. The van der Waals surface area contributed by atoms with Gasteiger partial charge in [0.05, 0.1) is 12.5 Å². The van der Waals surface area contributed by atoms with Crippen LogP contribution >= 0.6 is 0 Å². The predicted molar refractivity (Wildman–Crippen MR) is 70.7 cm³/mol. The maximum atomic E-state index is 13.9. The number of aliphatic carboxylic acids is 1. The molecule has 0 fully saturated rings. The van der Waals surface area contributed by atoms with Crippen LogP contribution in [0.5, 0.6) is 5.75 Å². The molecule has 1 aromatic rings. The standard InChI is InChI=1S/C14H20FNO3/c1-3-6-14(9-16,13(17)18)8-10-4-5-11(19-2)7-12(10)15/h4-5,7H,3,6,8-9,16H2,1-2H3,(H,17,18). The van der Waals surface area contributed by atoms with E-state index in [2.05, 4.69) is 0 Å². The molecule has 0 saturated carbocycles. The highest BCUT2D eigenvalue weighted by Crippen LogP contribution is 2.30. The molecular weight excluding hydrogens is 249 g/mol.